The number of carboxylic acid groups (broad SMARTS) is 1. The molecule has 10 nitrogen and oxygen atoms in total. The first-order valence-electron chi connectivity index (χ1n) is 20.3. The number of amides is 1. The zero-order chi connectivity index (χ0) is 41.3. The fourth-order valence-corrected chi connectivity index (χ4v) is 9.98. The number of nitrogens with zero attached hydrogens (tertiary/aromatic N) is 6. The van der Waals surface area contributed by atoms with Crippen molar-refractivity contribution in [2.75, 3.05) is 38.2 Å². The average molecular weight is 824 g/mol. The highest BCUT2D eigenvalue weighted by atomic mass is 35.5. The predicted molar refractivity (Wildman–Crippen MR) is 234 cm³/mol. The molecule has 5 heterocycles. The van der Waals surface area contributed by atoms with E-state index in [4.69, 9.17) is 33.0 Å². The quantitative estimate of drug-likeness (QED) is 0.138. The summed E-state index contributed by atoms with van der Waals surface area (Å²) in [7, 11) is 4.12. The van der Waals surface area contributed by atoms with Crippen LogP contribution in [0.25, 0.3) is 32.9 Å². The number of carbonyl (C=O) groups is 2. The molecule has 12 heteroatoms. The van der Waals surface area contributed by atoms with Crippen LogP contribution < -0.4 is 9.64 Å². The van der Waals surface area contributed by atoms with Gasteiger partial charge in [0.15, 0.2) is 0 Å². The van der Waals surface area contributed by atoms with Crippen molar-refractivity contribution in [3.8, 4) is 16.9 Å². The van der Waals surface area contributed by atoms with Gasteiger partial charge >= 0.3 is 5.97 Å². The van der Waals surface area contributed by atoms with Crippen molar-refractivity contribution >= 4 is 62.6 Å². The lowest BCUT2D eigenvalue weighted by molar-refractivity contribution is 0.0696. The molecule has 1 fully saturated rings. The highest BCUT2D eigenvalue weighted by molar-refractivity contribution is 6.35. The number of aromatic nitrogens is 4. The van der Waals surface area contributed by atoms with E-state index in [0.717, 1.165) is 110 Å². The van der Waals surface area contributed by atoms with Crippen molar-refractivity contribution in [2.45, 2.75) is 79.8 Å². The van der Waals surface area contributed by atoms with Crippen molar-refractivity contribution in [1.29, 1.82) is 0 Å². The number of anilines is 1. The largest absolute Gasteiger partial charge is 0.494 e. The van der Waals surface area contributed by atoms with Crippen LogP contribution in [0.15, 0.2) is 42.6 Å². The van der Waals surface area contributed by atoms with Gasteiger partial charge in [-0.2, -0.15) is 5.10 Å². The molecule has 3 aromatic heterocycles. The molecule has 3 aromatic carbocycles. The van der Waals surface area contributed by atoms with Crippen molar-refractivity contribution in [3.05, 3.63) is 97.5 Å². The maximum Gasteiger partial charge on any atom is 0.335 e. The van der Waals surface area contributed by atoms with Crippen LogP contribution in [-0.4, -0.2) is 74.1 Å². The molecule has 0 aliphatic carbocycles. The first kappa shape index (κ1) is 40.0. The number of hydrogen-bond acceptors (Lipinski definition) is 5. The van der Waals surface area contributed by atoms with E-state index in [1.54, 1.807) is 12.1 Å². The summed E-state index contributed by atoms with van der Waals surface area (Å²) in [6.45, 7) is 16.1. The molecule has 0 bridgehead atoms. The number of carbonyl (C=O) groups excluding carboxylic acids is 1. The van der Waals surface area contributed by atoms with Crippen molar-refractivity contribution in [3.63, 3.8) is 0 Å². The normalized spacial score (nSPS) is 16.6. The zero-order valence-electron chi connectivity index (χ0n) is 34.7. The SMILES string of the molecule is Cc1cc(OCCCc2c3n(c4c(-c5c(C)nn(CC6CCN(C)CC6)c5C)c(Cl)ccc24)C(C)CN(c2cn(C)c4c(C)cc(C(=O)O)cc24)C3=O)cc(C)c1Cl. The molecule has 8 rings (SSSR count). The topological polar surface area (TPSA) is 97.8 Å². The zero-order valence-corrected chi connectivity index (χ0v) is 36.2. The van der Waals surface area contributed by atoms with Gasteiger partial charge < -0.3 is 28.8 Å². The van der Waals surface area contributed by atoms with Gasteiger partial charge in [-0.05, 0) is 146 Å². The highest BCUT2D eigenvalue weighted by Gasteiger charge is 2.38. The third kappa shape index (κ3) is 6.86. The molecular formula is C46H52Cl2N6O4. The summed E-state index contributed by atoms with van der Waals surface area (Å²) >= 11 is 13.7. The fourth-order valence-electron chi connectivity index (χ4n) is 9.63. The predicted octanol–water partition coefficient (Wildman–Crippen LogP) is 10.1. The first-order valence-corrected chi connectivity index (χ1v) is 21.0. The van der Waals surface area contributed by atoms with Gasteiger partial charge in [-0.1, -0.05) is 29.3 Å². The Bertz CT molecular complexity index is 2600. The summed E-state index contributed by atoms with van der Waals surface area (Å²) in [5, 5.41) is 18.2. The molecule has 2 aliphatic rings. The summed E-state index contributed by atoms with van der Waals surface area (Å²) in [4.78, 5) is 31.7. The standard InChI is InChI=1S/C46H52Cl2N6O4/c1-25-19-33(20-26(2)41(25)48)58-17-9-10-34-35-11-12-37(47)40(39-29(5)49-53(30(39)6)23-31-13-15-50(7)16-14-31)43(35)54-28(4)22-52(45(55)44(34)54)38-24-51(8)42-27(3)18-32(46(56)57)21-36(38)42/h11-12,18-21,24,28,31H,9-10,13-17,22-23H2,1-8H3,(H,56,57). The number of ether oxygens (including phenoxy) is 1. The van der Waals surface area contributed by atoms with Gasteiger partial charge in [-0.3, -0.25) is 9.48 Å². The van der Waals surface area contributed by atoms with E-state index in [1.807, 2.05) is 61.7 Å². The average Bonchev–Trinajstić information content (AvgIpc) is 3.79. The van der Waals surface area contributed by atoms with E-state index >= 15 is 4.79 Å². The molecule has 0 saturated carbocycles. The van der Waals surface area contributed by atoms with Crippen LogP contribution in [0.2, 0.25) is 10.0 Å². The Morgan fingerprint density at radius 3 is 2.33 bits per heavy atom. The van der Waals surface area contributed by atoms with Crippen LogP contribution >= 0.6 is 23.2 Å². The molecule has 1 unspecified atom stereocenters. The lowest BCUT2D eigenvalue weighted by atomic mass is 9.96. The van der Waals surface area contributed by atoms with Crippen molar-refractivity contribution in [1.82, 2.24) is 23.8 Å². The molecule has 6 aromatic rings. The number of likely N-dealkylation sites (tertiary alicyclic amines) is 1. The molecule has 1 saturated heterocycles. The van der Waals surface area contributed by atoms with Crippen molar-refractivity contribution in [2.24, 2.45) is 13.0 Å². The van der Waals surface area contributed by atoms with Gasteiger partial charge in [0.25, 0.3) is 5.91 Å². The molecule has 2 aliphatic heterocycles. The number of hydrogen-bond donors (Lipinski definition) is 1. The number of rotatable bonds is 10. The molecule has 0 spiro atoms. The summed E-state index contributed by atoms with van der Waals surface area (Å²) in [5.74, 6) is 0.185. The summed E-state index contributed by atoms with van der Waals surface area (Å²) in [6, 6.07) is 11.2. The van der Waals surface area contributed by atoms with E-state index in [-0.39, 0.29) is 17.5 Å². The molecule has 304 valence electrons. The number of halogens is 2. The van der Waals surface area contributed by atoms with E-state index < -0.39 is 5.97 Å². The van der Waals surface area contributed by atoms with E-state index in [0.29, 0.717) is 48.3 Å². The number of carboxylic acids is 1. The first-order chi connectivity index (χ1) is 27.6. The molecule has 1 amide bonds. The monoisotopic (exact) mass is 822 g/mol. The molecular weight excluding hydrogens is 771 g/mol. The summed E-state index contributed by atoms with van der Waals surface area (Å²) in [5.41, 5.74) is 11.0. The van der Waals surface area contributed by atoms with Crippen LogP contribution in [0.3, 0.4) is 0 Å². The van der Waals surface area contributed by atoms with Gasteiger partial charge in [0.1, 0.15) is 11.4 Å². The van der Waals surface area contributed by atoms with Gasteiger partial charge in [0.05, 0.1) is 39.6 Å². The van der Waals surface area contributed by atoms with Gasteiger partial charge in [-0.15, -0.1) is 0 Å². The van der Waals surface area contributed by atoms with E-state index in [1.165, 1.54) is 0 Å². The molecule has 1 N–H and O–H groups in total. The third-order valence-corrected chi connectivity index (χ3v) is 13.4. The maximum atomic E-state index is 15.3. The van der Waals surface area contributed by atoms with E-state index in [9.17, 15) is 9.90 Å². The second kappa shape index (κ2) is 15.4. The lowest BCUT2D eigenvalue weighted by Gasteiger charge is -2.34. The maximum absolute atomic E-state index is 15.3. The minimum atomic E-state index is -1.00. The van der Waals surface area contributed by atoms with Crippen LogP contribution in [0.4, 0.5) is 5.69 Å². The third-order valence-electron chi connectivity index (χ3n) is 12.5. The Hall–Kier alpha value is -4.77. The highest BCUT2D eigenvalue weighted by Crippen LogP contribution is 2.46. The lowest BCUT2D eigenvalue weighted by Crippen LogP contribution is -2.42. The van der Waals surface area contributed by atoms with Crippen LogP contribution in [0.1, 0.15) is 86.7 Å². The molecule has 0 radical (unpaired) electrons. The second-order valence-electron chi connectivity index (χ2n) is 16.7. The smallest absolute Gasteiger partial charge is 0.335 e. The Morgan fingerprint density at radius 2 is 1.64 bits per heavy atom. The minimum Gasteiger partial charge on any atom is -0.494 e. The van der Waals surface area contributed by atoms with Gasteiger partial charge in [0, 0.05) is 65.0 Å². The summed E-state index contributed by atoms with van der Waals surface area (Å²) < 4.78 is 12.6. The Morgan fingerprint density at radius 1 is 0.931 bits per heavy atom. The van der Waals surface area contributed by atoms with Gasteiger partial charge in [-0.25, -0.2) is 4.79 Å². The number of benzene rings is 3. The Labute approximate surface area is 349 Å². The second-order valence-corrected chi connectivity index (χ2v) is 17.5. The van der Waals surface area contributed by atoms with Gasteiger partial charge in [0.2, 0.25) is 0 Å². The van der Waals surface area contributed by atoms with Crippen LogP contribution in [0.5, 0.6) is 5.75 Å². The Kier molecular flexibility index (Phi) is 10.7. The Balaban J connectivity index is 1.25. The van der Waals surface area contributed by atoms with Crippen molar-refractivity contribution < 1.29 is 19.4 Å². The number of piperidine rings is 1. The van der Waals surface area contributed by atoms with Crippen LogP contribution in [0, 0.1) is 40.5 Å². The number of aryl methyl sites for hydroxylation is 6. The van der Waals surface area contributed by atoms with E-state index in [2.05, 4.69) is 48.0 Å². The minimum absolute atomic E-state index is 0.131. The molecule has 58 heavy (non-hydrogen) atoms. The van der Waals surface area contributed by atoms with Crippen LogP contribution in [-0.2, 0) is 20.0 Å². The summed E-state index contributed by atoms with van der Waals surface area (Å²) in [6.07, 6.45) is 5.48. The number of fused-ring (bicyclic) bond motifs is 4. The number of aromatic carboxylic acids is 1. The molecule has 1 atom stereocenters. The fraction of sp³-hybridized carbons (Fsp3) is 0.413.